The molecule has 0 fully saturated rings. The van der Waals surface area contributed by atoms with E-state index in [1.54, 1.807) is 0 Å². The first kappa shape index (κ1) is 20.5. The standard InChI is InChI=1S/C23H20BrN3O2S/c1-2-3-10-21(28)27-23(30)25-14-11-12-20-19(13-14)26-22(29-20)17-8-4-7-16-15(17)6-5-9-18(16)24/h4-9,11-13H,2-3,10H2,1H3,(H2,25,27,28,30). The molecule has 0 saturated carbocycles. The van der Waals surface area contributed by atoms with Crippen LogP contribution < -0.4 is 10.6 Å². The first-order valence-corrected chi connectivity index (χ1v) is 10.9. The summed E-state index contributed by atoms with van der Waals surface area (Å²) >= 11 is 8.84. The minimum Gasteiger partial charge on any atom is -0.436 e. The largest absolute Gasteiger partial charge is 0.436 e. The zero-order valence-corrected chi connectivity index (χ0v) is 18.8. The van der Waals surface area contributed by atoms with Gasteiger partial charge in [0, 0.05) is 22.1 Å². The molecule has 152 valence electrons. The number of amides is 1. The Kier molecular flexibility index (Phi) is 6.11. The lowest BCUT2D eigenvalue weighted by atomic mass is 10.0. The van der Waals surface area contributed by atoms with E-state index in [1.165, 1.54) is 0 Å². The maximum atomic E-state index is 11.8. The predicted molar refractivity (Wildman–Crippen MR) is 129 cm³/mol. The number of hydrogen-bond acceptors (Lipinski definition) is 4. The van der Waals surface area contributed by atoms with Crippen molar-refractivity contribution in [2.24, 2.45) is 0 Å². The summed E-state index contributed by atoms with van der Waals surface area (Å²) in [5.41, 5.74) is 3.06. The molecule has 4 aromatic rings. The number of unbranched alkanes of at least 4 members (excludes halogenated alkanes) is 1. The number of carbonyl (C=O) groups excluding carboxylic acids is 1. The van der Waals surface area contributed by atoms with Crippen LogP contribution in [-0.2, 0) is 4.79 Å². The van der Waals surface area contributed by atoms with Gasteiger partial charge in [0.2, 0.25) is 11.8 Å². The second-order valence-corrected chi connectivity index (χ2v) is 8.21. The average molecular weight is 482 g/mol. The summed E-state index contributed by atoms with van der Waals surface area (Å²) in [5, 5.41) is 8.18. The SMILES string of the molecule is CCCCC(=O)NC(=S)Nc1ccc2oc(-c3cccc4c(Br)cccc34)nc2c1. The molecule has 7 heteroatoms. The van der Waals surface area contributed by atoms with Crippen LogP contribution >= 0.6 is 28.1 Å². The van der Waals surface area contributed by atoms with Crippen LogP contribution in [0.5, 0.6) is 0 Å². The van der Waals surface area contributed by atoms with E-state index < -0.39 is 0 Å². The highest BCUT2D eigenvalue weighted by Gasteiger charge is 2.13. The number of hydrogen-bond donors (Lipinski definition) is 2. The van der Waals surface area contributed by atoms with Gasteiger partial charge in [-0.25, -0.2) is 4.98 Å². The van der Waals surface area contributed by atoms with E-state index in [0.717, 1.165) is 39.3 Å². The molecule has 0 radical (unpaired) electrons. The Morgan fingerprint density at radius 1 is 1.13 bits per heavy atom. The van der Waals surface area contributed by atoms with E-state index in [0.29, 0.717) is 23.4 Å². The molecule has 2 N–H and O–H groups in total. The van der Waals surface area contributed by atoms with Crippen LogP contribution in [0.15, 0.2) is 63.5 Å². The lowest BCUT2D eigenvalue weighted by Gasteiger charge is -2.09. The number of aromatic nitrogens is 1. The molecule has 0 aliphatic carbocycles. The van der Waals surface area contributed by atoms with Gasteiger partial charge < -0.3 is 15.1 Å². The zero-order valence-electron chi connectivity index (χ0n) is 16.4. The fraction of sp³-hybridized carbons (Fsp3) is 0.174. The molecule has 3 aromatic carbocycles. The van der Waals surface area contributed by atoms with E-state index in [2.05, 4.69) is 43.7 Å². The molecule has 1 amide bonds. The van der Waals surface area contributed by atoms with Gasteiger partial charge in [0.1, 0.15) is 5.52 Å². The molecule has 5 nitrogen and oxygen atoms in total. The third-order valence-electron chi connectivity index (χ3n) is 4.76. The van der Waals surface area contributed by atoms with Gasteiger partial charge in [-0.05, 0) is 59.7 Å². The van der Waals surface area contributed by atoms with Gasteiger partial charge >= 0.3 is 0 Å². The number of nitrogens with zero attached hydrogens (tertiary/aromatic N) is 1. The Morgan fingerprint density at radius 2 is 1.93 bits per heavy atom. The number of carbonyl (C=O) groups is 1. The zero-order chi connectivity index (χ0) is 21.1. The summed E-state index contributed by atoms with van der Waals surface area (Å²) in [4.78, 5) is 16.5. The van der Waals surface area contributed by atoms with E-state index >= 15 is 0 Å². The highest BCUT2D eigenvalue weighted by molar-refractivity contribution is 9.10. The van der Waals surface area contributed by atoms with Crippen molar-refractivity contribution in [3.8, 4) is 11.5 Å². The minimum absolute atomic E-state index is 0.0822. The molecule has 0 spiro atoms. The summed E-state index contributed by atoms with van der Waals surface area (Å²) < 4.78 is 7.04. The number of benzene rings is 3. The molecule has 0 aliphatic rings. The first-order chi connectivity index (χ1) is 14.5. The number of anilines is 1. The highest BCUT2D eigenvalue weighted by atomic mass is 79.9. The monoisotopic (exact) mass is 481 g/mol. The van der Waals surface area contributed by atoms with Crippen LogP contribution in [-0.4, -0.2) is 16.0 Å². The van der Waals surface area contributed by atoms with Gasteiger partial charge in [0.25, 0.3) is 0 Å². The third kappa shape index (κ3) is 4.37. The summed E-state index contributed by atoms with van der Waals surface area (Å²) in [7, 11) is 0. The molecule has 0 unspecified atom stereocenters. The number of thiocarbonyl (C=S) groups is 1. The molecule has 1 aromatic heterocycles. The van der Waals surface area contributed by atoms with E-state index in [4.69, 9.17) is 16.6 Å². The van der Waals surface area contributed by atoms with Gasteiger partial charge in [0.15, 0.2) is 10.7 Å². The Balaban J connectivity index is 1.59. The van der Waals surface area contributed by atoms with Gasteiger partial charge in [-0.1, -0.05) is 53.5 Å². The minimum atomic E-state index is -0.0822. The molecule has 0 aliphatic heterocycles. The smallest absolute Gasteiger partial charge is 0.227 e. The number of halogens is 1. The Labute approximate surface area is 188 Å². The van der Waals surface area contributed by atoms with Crippen LogP contribution in [0.3, 0.4) is 0 Å². The number of nitrogens with one attached hydrogen (secondary N) is 2. The summed E-state index contributed by atoms with van der Waals surface area (Å²) in [5.74, 6) is 0.475. The maximum absolute atomic E-state index is 11.8. The van der Waals surface area contributed by atoms with Crippen LogP contribution in [0.25, 0.3) is 33.3 Å². The van der Waals surface area contributed by atoms with Crippen molar-refractivity contribution in [1.29, 1.82) is 0 Å². The maximum Gasteiger partial charge on any atom is 0.227 e. The van der Waals surface area contributed by atoms with E-state index in [-0.39, 0.29) is 11.0 Å². The molecule has 0 saturated heterocycles. The summed E-state index contributed by atoms with van der Waals surface area (Å²) in [6.07, 6.45) is 2.27. The fourth-order valence-corrected chi connectivity index (χ4v) is 4.00. The topological polar surface area (TPSA) is 67.2 Å². The van der Waals surface area contributed by atoms with Crippen molar-refractivity contribution < 1.29 is 9.21 Å². The van der Waals surface area contributed by atoms with Crippen molar-refractivity contribution >= 4 is 66.7 Å². The molecule has 0 atom stereocenters. The molecular formula is C23H20BrN3O2S. The van der Waals surface area contributed by atoms with E-state index in [9.17, 15) is 4.79 Å². The number of oxazole rings is 1. The quantitative estimate of drug-likeness (QED) is 0.322. The van der Waals surface area contributed by atoms with Crippen LogP contribution in [0.4, 0.5) is 5.69 Å². The number of rotatable bonds is 5. The van der Waals surface area contributed by atoms with Crippen LogP contribution in [0.1, 0.15) is 26.2 Å². The molecule has 4 rings (SSSR count). The second kappa shape index (κ2) is 8.93. The van der Waals surface area contributed by atoms with Crippen LogP contribution in [0.2, 0.25) is 0 Å². The molecular weight excluding hydrogens is 462 g/mol. The highest BCUT2D eigenvalue weighted by Crippen LogP contribution is 2.34. The average Bonchev–Trinajstić information content (AvgIpc) is 3.15. The number of fused-ring (bicyclic) bond motifs is 2. The van der Waals surface area contributed by atoms with Crippen molar-refractivity contribution in [1.82, 2.24) is 10.3 Å². The fourth-order valence-electron chi connectivity index (χ4n) is 3.27. The molecule has 1 heterocycles. The molecule has 30 heavy (non-hydrogen) atoms. The van der Waals surface area contributed by atoms with Gasteiger partial charge in [-0.15, -0.1) is 0 Å². The normalized spacial score (nSPS) is 11.0. The van der Waals surface area contributed by atoms with Crippen molar-refractivity contribution in [3.63, 3.8) is 0 Å². The Morgan fingerprint density at radius 3 is 2.77 bits per heavy atom. The van der Waals surface area contributed by atoms with Crippen molar-refractivity contribution in [2.45, 2.75) is 26.2 Å². The van der Waals surface area contributed by atoms with Crippen molar-refractivity contribution in [2.75, 3.05) is 5.32 Å². The second-order valence-electron chi connectivity index (χ2n) is 6.95. The van der Waals surface area contributed by atoms with Gasteiger partial charge in [0.05, 0.1) is 0 Å². The predicted octanol–water partition coefficient (Wildman–Crippen LogP) is 6.41. The molecule has 0 bridgehead atoms. The Bertz CT molecular complexity index is 1250. The van der Waals surface area contributed by atoms with E-state index in [1.807, 2.05) is 49.4 Å². The summed E-state index contributed by atoms with van der Waals surface area (Å²) in [6.45, 7) is 2.04. The van der Waals surface area contributed by atoms with Gasteiger partial charge in [-0.2, -0.15) is 0 Å². The first-order valence-electron chi connectivity index (χ1n) is 9.74. The van der Waals surface area contributed by atoms with Crippen LogP contribution in [0, 0.1) is 0 Å². The summed E-state index contributed by atoms with van der Waals surface area (Å²) in [6, 6.07) is 17.7. The lowest BCUT2D eigenvalue weighted by molar-refractivity contribution is -0.119. The third-order valence-corrected chi connectivity index (χ3v) is 5.65. The van der Waals surface area contributed by atoms with Crippen molar-refractivity contribution in [3.05, 3.63) is 59.1 Å². The lowest BCUT2D eigenvalue weighted by Crippen LogP contribution is -2.33. The Hall–Kier alpha value is -2.77. The van der Waals surface area contributed by atoms with Gasteiger partial charge in [-0.3, -0.25) is 4.79 Å².